The van der Waals surface area contributed by atoms with Crippen molar-refractivity contribution < 1.29 is 4.74 Å². The Bertz CT molecular complexity index is 616. The molecule has 0 aromatic heterocycles. The molecule has 19 heavy (non-hydrogen) atoms. The molecule has 0 atom stereocenters. The molecule has 0 spiro atoms. The number of hydrogen-bond donors (Lipinski definition) is 0. The second-order valence-corrected chi connectivity index (χ2v) is 5.67. The zero-order valence-electron chi connectivity index (χ0n) is 9.61. The van der Waals surface area contributed by atoms with Gasteiger partial charge in [-0.3, -0.25) is 0 Å². The van der Waals surface area contributed by atoms with Crippen molar-refractivity contribution in [3.05, 3.63) is 49.4 Å². The van der Waals surface area contributed by atoms with Crippen LogP contribution >= 0.6 is 58.0 Å². The van der Waals surface area contributed by atoms with Crippen molar-refractivity contribution in [2.45, 2.75) is 0 Å². The van der Waals surface area contributed by atoms with Crippen LogP contribution < -0.4 is 4.74 Å². The van der Waals surface area contributed by atoms with Gasteiger partial charge in [0.15, 0.2) is 5.75 Å². The molecule has 100 valence electrons. The molecule has 0 saturated carbocycles. The van der Waals surface area contributed by atoms with Crippen LogP contribution in [0, 0.1) is 0 Å². The SMILES string of the molecule is COc1c(Cl)ccc(-c2cc(Cl)c(Cl)c(Cl)c2)c1Cl. The van der Waals surface area contributed by atoms with E-state index < -0.39 is 0 Å². The minimum absolute atomic E-state index is 0.309. The van der Waals surface area contributed by atoms with Gasteiger partial charge in [-0.1, -0.05) is 64.1 Å². The van der Waals surface area contributed by atoms with Crippen LogP contribution in [0.2, 0.25) is 25.1 Å². The molecule has 2 rings (SSSR count). The van der Waals surface area contributed by atoms with Crippen molar-refractivity contribution in [3.8, 4) is 16.9 Å². The molecule has 0 radical (unpaired) electrons. The molecule has 1 nitrogen and oxygen atoms in total. The Morgan fingerprint density at radius 1 is 0.789 bits per heavy atom. The van der Waals surface area contributed by atoms with Gasteiger partial charge in [0.05, 0.1) is 32.2 Å². The van der Waals surface area contributed by atoms with E-state index in [1.54, 1.807) is 24.3 Å². The maximum atomic E-state index is 6.26. The first-order valence-electron chi connectivity index (χ1n) is 5.12. The van der Waals surface area contributed by atoms with Gasteiger partial charge in [-0.15, -0.1) is 0 Å². The fraction of sp³-hybridized carbons (Fsp3) is 0.0769. The Kier molecular flexibility index (Phi) is 4.75. The lowest BCUT2D eigenvalue weighted by Gasteiger charge is -2.12. The first-order chi connectivity index (χ1) is 8.95. The molecule has 2 aromatic carbocycles. The summed E-state index contributed by atoms with van der Waals surface area (Å²) in [5.74, 6) is 0.406. The Labute approximate surface area is 135 Å². The third-order valence-corrected chi connectivity index (χ3v) is 4.42. The van der Waals surface area contributed by atoms with Gasteiger partial charge in [0.1, 0.15) is 0 Å². The second kappa shape index (κ2) is 5.99. The van der Waals surface area contributed by atoms with E-state index in [9.17, 15) is 0 Å². The summed E-state index contributed by atoms with van der Waals surface area (Å²) in [6, 6.07) is 6.83. The average Bonchev–Trinajstić information content (AvgIpc) is 2.36. The number of halogens is 5. The lowest BCUT2D eigenvalue weighted by atomic mass is 10.1. The molecular weight excluding hydrogens is 349 g/mol. The lowest BCUT2D eigenvalue weighted by molar-refractivity contribution is 0.415. The number of methoxy groups -OCH3 is 1. The summed E-state index contributed by atoms with van der Waals surface area (Å²) in [6.45, 7) is 0. The summed E-state index contributed by atoms with van der Waals surface area (Å²) < 4.78 is 5.17. The van der Waals surface area contributed by atoms with Gasteiger partial charge in [0.2, 0.25) is 0 Å². The highest BCUT2D eigenvalue weighted by Crippen LogP contribution is 2.42. The highest BCUT2D eigenvalue weighted by Gasteiger charge is 2.15. The van der Waals surface area contributed by atoms with E-state index in [0.29, 0.717) is 36.4 Å². The third-order valence-electron chi connectivity index (χ3n) is 2.55. The van der Waals surface area contributed by atoms with Gasteiger partial charge in [0.25, 0.3) is 0 Å². The topological polar surface area (TPSA) is 9.23 Å². The fourth-order valence-electron chi connectivity index (χ4n) is 1.65. The van der Waals surface area contributed by atoms with Crippen molar-refractivity contribution >= 4 is 58.0 Å². The summed E-state index contributed by atoms with van der Waals surface area (Å²) in [4.78, 5) is 0. The molecule has 0 aliphatic heterocycles. The van der Waals surface area contributed by atoms with Crippen molar-refractivity contribution in [1.82, 2.24) is 0 Å². The first kappa shape index (κ1) is 15.1. The maximum Gasteiger partial charge on any atom is 0.156 e. The van der Waals surface area contributed by atoms with Crippen LogP contribution in [-0.2, 0) is 0 Å². The normalized spacial score (nSPS) is 10.6. The highest BCUT2D eigenvalue weighted by molar-refractivity contribution is 6.48. The van der Waals surface area contributed by atoms with Crippen LogP contribution in [0.15, 0.2) is 24.3 Å². The van der Waals surface area contributed by atoms with Crippen molar-refractivity contribution in [2.24, 2.45) is 0 Å². The van der Waals surface area contributed by atoms with E-state index in [1.807, 2.05) is 0 Å². The van der Waals surface area contributed by atoms with Gasteiger partial charge in [-0.05, 0) is 23.8 Å². The molecule has 2 aromatic rings. The molecule has 0 bridgehead atoms. The minimum Gasteiger partial charge on any atom is -0.494 e. The zero-order valence-corrected chi connectivity index (χ0v) is 13.4. The molecule has 0 aliphatic carbocycles. The largest absolute Gasteiger partial charge is 0.494 e. The number of rotatable bonds is 2. The first-order valence-corrected chi connectivity index (χ1v) is 7.01. The van der Waals surface area contributed by atoms with Gasteiger partial charge >= 0.3 is 0 Å². The average molecular weight is 356 g/mol. The quantitative estimate of drug-likeness (QED) is 0.549. The molecule has 0 fully saturated rings. The van der Waals surface area contributed by atoms with E-state index in [2.05, 4.69) is 0 Å². The molecule has 0 unspecified atom stereocenters. The Morgan fingerprint density at radius 2 is 1.37 bits per heavy atom. The molecule has 0 heterocycles. The van der Waals surface area contributed by atoms with E-state index >= 15 is 0 Å². The minimum atomic E-state index is 0.309. The Morgan fingerprint density at radius 3 is 1.89 bits per heavy atom. The van der Waals surface area contributed by atoms with E-state index in [-0.39, 0.29) is 0 Å². The van der Waals surface area contributed by atoms with Crippen LogP contribution in [-0.4, -0.2) is 7.11 Å². The number of ether oxygens (including phenoxy) is 1. The highest BCUT2D eigenvalue weighted by atomic mass is 35.5. The van der Waals surface area contributed by atoms with E-state index in [4.69, 9.17) is 62.7 Å². The van der Waals surface area contributed by atoms with Crippen molar-refractivity contribution in [2.75, 3.05) is 7.11 Å². The molecule has 6 heteroatoms. The maximum absolute atomic E-state index is 6.26. The van der Waals surface area contributed by atoms with Crippen LogP contribution in [0.1, 0.15) is 0 Å². The van der Waals surface area contributed by atoms with Crippen LogP contribution in [0.5, 0.6) is 5.75 Å². The van der Waals surface area contributed by atoms with Gasteiger partial charge < -0.3 is 4.74 Å². The smallest absolute Gasteiger partial charge is 0.156 e. The van der Waals surface area contributed by atoms with E-state index in [1.165, 1.54) is 7.11 Å². The van der Waals surface area contributed by atoms with Gasteiger partial charge in [-0.25, -0.2) is 0 Å². The fourth-order valence-corrected chi connectivity index (χ4v) is 2.88. The second-order valence-electron chi connectivity index (χ2n) is 3.70. The van der Waals surface area contributed by atoms with Crippen LogP contribution in [0.25, 0.3) is 11.1 Å². The van der Waals surface area contributed by atoms with Crippen LogP contribution in [0.4, 0.5) is 0 Å². The molecule has 0 N–H and O–H groups in total. The van der Waals surface area contributed by atoms with E-state index in [0.717, 1.165) is 5.56 Å². The molecular formula is C13H7Cl5O. The predicted octanol–water partition coefficient (Wildman–Crippen LogP) is 6.63. The predicted molar refractivity (Wildman–Crippen MR) is 83.5 cm³/mol. The lowest BCUT2D eigenvalue weighted by Crippen LogP contribution is -1.89. The van der Waals surface area contributed by atoms with Gasteiger partial charge in [0, 0.05) is 5.56 Å². The third kappa shape index (κ3) is 2.91. The Balaban J connectivity index is 2.66. The Hall–Kier alpha value is -0.310. The monoisotopic (exact) mass is 354 g/mol. The summed E-state index contributed by atoms with van der Waals surface area (Å²) in [5, 5.41) is 1.85. The van der Waals surface area contributed by atoms with Crippen molar-refractivity contribution in [3.63, 3.8) is 0 Å². The van der Waals surface area contributed by atoms with Gasteiger partial charge in [-0.2, -0.15) is 0 Å². The molecule has 0 saturated heterocycles. The summed E-state index contributed by atoms with van der Waals surface area (Å²) in [5.41, 5.74) is 1.45. The standard InChI is InChI=1S/C13H7Cl5O/c1-19-13-8(14)3-2-7(11(13)17)6-4-9(15)12(18)10(16)5-6/h2-5H,1H3. The molecule has 0 aliphatic rings. The summed E-state index contributed by atoms with van der Waals surface area (Å²) in [6.07, 6.45) is 0. The number of benzene rings is 2. The van der Waals surface area contributed by atoms with Crippen molar-refractivity contribution in [1.29, 1.82) is 0 Å². The summed E-state index contributed by atoms with van der Waals surface area (Å²) in [7, 11) is 1.50. The molecule has 0 amide bonds. The number of hydrogen-bond acceptors (Lipinski definition) is 1. The van der Waals surface area contributed by atoms with Crippen LogP contribution in [0.3, 0.4) is 0 Å². The summed E-state index contributed by atoms with van der Waals surface area (Å²) >= 11 is 30.2. The zero-order chi connectivity index (χ0) is 14.2.